The van der Waals surface area contributed by atoms with E-state index in [9.17, 15) is 13.6 Å². The van der Waals surface area contributed by atoms with Crippen LogP contribution in [0.1, 0.15) is 0 Å². The first kappa shape index (κ1) is 13.4. The molecular weight excluding hydrogens is 232 g/mol. The number of halogens is 2. The summed E-state index contributed by atoms with van der Waals surface area (Å²) in [6.07, 6.45) is -4.72. The highest BCUT2D eigenvalue weighted by Gasteiger charge is 2.17. The van der Waals surface area contributed by atoms with Crippen LogP contribution in [0.3, 0.4) is 0 Å². The summed E-state index contributed by atoms with van der Waals surface area (Å²) in [6, 6.07) is 8.62. The van der Waals surface area contributed by atoms with Crippen molar-refractivity contribution < 1.29 is 23.4 Å². The van der Waals surface area contributed by atoms with E-state index in [0.29, 0.717) is 5.75 Å². The molecule has 1 atom stereocenters. The van der Waals surface area contributed by atoms with E-state index < -0.39 is 25.0 Å². The van der Waals surface area contributed by atoms with Crippen LogP contribution >= 0.6 is 0 Å². The minimum Gasteiger partial charge on any atom is -0.484 e. The fourth-order valence-electron chi connectivity index (χ4n) is 1.02. The Morgan fingerprint density at radius 2 is 2.00 bits per heavy atom. The van der Waals surface area contributed by atoms with Gasteiger partial charge >= 0.3 is 0 Å². The predicted molar refractivity (Wildman–Crippen MR) is 57.0 cm³/mol. The molecule has 1 rings (SSSR count). The number of alkyl halides is 2. The second kappa shape index (κ2) is 6.80. The minimum absolute atomic E-state index is 0.278. The van der Waals surface area contributed by atoms with Crippen LogP contribution in [-0.4, -0.2) is 36.7 Å². The van der Waals surface area contributed by atoms with Crippen molar-refractivity contribution in [3.05, 3.63) is 30.3 Å². The quantitative estimate of drug-likeness (QED) is 0.779. The lowest BCUT2D eigenvalue weighted by molar-refractivity contribution is -0.124. The van der Waals surface area contributed by atoms with Gasteiger partial charge in [0.25, 0.3) is 12.3 Å². The first-order valence-corrected chi connectivity index (χ1v) is 5.00. The summed E-state index contributed by atoms with van der Waals surface area (Å²) < 4.78 is 28.9. The van der Waals surface area contributed by atoms with E-state index in [1.807, 2.05) is 0 Å². The molecule has 0 aromatic heterocycles. The molecule has 1 unspecified atom stereocenters. The molecule has 0 fully saturated rings. The summed E-state index contributed by atoms with van der Waals surface area (Å²) in [6.45, 7) is -0.769. The molecule has 17 heavy (non-hydrogen) atoms. The monoisotopic (exact) mass is 245 g/mol. The number of hydrogen-bond donors (Lipinski definition) is 2. The Morgan fingerprint density at radius 1 is 1.35 bits per heavy atom. The molecule has 0 aliphatic heterocycles. The number of carbonyl (C=O) groups excluding carboxylic acids is 1. The summed E-state index contributed by atoms with van der Waals surface area (Å²) in [4.78, 5) is 11.2. The summed E-state index contributed by atoms with van der Waals surface area (Å²) >= 11 is 0. The lowest BCUT2D eigenvalue weighted by Crippen LogP contribution is -2.38. The lowest BCUT2D eigenvalue weighted by atomic mass is 10.3. The fourth-order valence-corrected chi connectivity index (χ4v) is 1.02. The Morgan fingerprint density at radius 3 is 2.59 bits per heavy atom. The number of aliphatic hydroxyl groups is 1. The number of ether oxygens (including phenoxy) is 1. The Labute approximate surface area is 97.2 Å². The average molecular weight is 245 g/mol. The zero-order chi connectivity index (χ0) is 12.7. The number of carbonyl (C=O) groups is 1. The van der Waals surface area contributed by atoms with Crippen LogP contribution in [0, 0.1) is 0 Å². The van der Waals surface area contributed by atoms with Crippen molar-refractivity contribution in [3.63, 3.8) is 0 Å². The second-order valence-electron chi connectivity index (χ2n) is 3.31. The van der Waals surface area contributed by atoms with Crippen LogP contribution in [0.2, 0.25) is 0 Å². The highest BCUT2D eigenvalue weighted by Crippen LogP contribution is 2.07. The number of rotatable bonds is 6. The van der Waals surface area contributed by atoms with Crippen molar-refractivity contribution in [1.82, 2.24) is 5.32 Å². The molecule has 0 saturated carbocycles. The second-order valence-corrected chi connectivity index (χ2v) is 3.31. The zero-order valence-electron chi connectivity index (χ0n) is 8.98. The van der Waals surface area contributed by atoms with E-state index in [0.717, 1.165) is 0 Å². The van der Waals surface area contributed by atoms with Gasteiger partial charge in [-0.15, -0.1) is 0 Å². The molecule has 4 nitrogen and oxygen atoms in total. The molecule has 0 aliphatic rings. The SMILES string of the molecule is O=C(COc1ccccc1)NCC(O)C(F)F. The van der Waals surface area contributed by atoms with Crippen LogP contribution in [0.25, 0.3) is 0 Å². The first-order chi connectivity index (χ1) is 8.09. The van der Waals surface area contributed by atoms with E-state index in [1.54, 1.807) is 30.3 Å². The van der Waals surface area contributed by atoms with Gasteiger partial charge in [0.15, 0.2) is 6.61 Å². The molecule has 0 spiro atoms. The number of benzene rings is 1. The van der Waals surface area contributed by atoms with Gasteiger partial charge in [0.05, 0.1) is 0 Å². The van der Waals surface area contributed by atoms with E-state index in [1.165, 1.54) is 0 Å². The third-order valence-corrected chi connectivity index (χ3v) is 1.91. The highest BCUT2D eigenvalue weighted by atomic mass is 19.3. The maximum absolute atomic E-state index is 11.9. The predicted octanol–water partition coefficient (Wildman–Crippen LogP) is 0.808. The third-order valence-electron chi connectivity index (χ3n) is 1.91. The Balaban J connectivity index is 2.22. The molecule has 94 valence electrons. The molecule has 6 heteroatoms. The number of nitrogens with one attached hydrogen (secondary N) is 1. The first-order valence-electron chi connectivity index (χ1n) is 5.00. The van der Waals surface area contributed by atoms with Gasteiger partial charge in [-0.05, 0) is 12.1 Å². The van der Waals surface area contributed by atoms with Gasteiger partial charge in [-0.3, -0.25) is 4.79 Å². The zero-order valence-corrected chi connectivity index (χ0v) is 8.98. The van der Waals surface area contributed by atoms with Gasteiger partial charge in [0, 0.05) is 6.54 Å². The van der Waals surface area contributed by atoms with Crippen molar-refractivity contribution in [3.8, 4) is 5.75 Å². The van der Waals surface area contributed by atoms with E-state index >= 15 is 0 Å². The summed E-state index contributed by atoms with van der Waals surface area (Å²) in [5.41, 5.74) is 0. The molecule has 0 radical (unpaired) electrons. The van der Waals surface area contributed by atoms with E-state index in [4.69, 9.17) is 9.84 Å². The van der Waals surface area contributed by atoms with Gasteiger partial charge < -0.3 is 15.2 Å². The normalized spacial score (nSPS) is 12.2. The van der Waals surface area contributed by atoms with Gasteiger partial charge in [0.1, 0.15) is 11.9 Å². The van der Waals surface area contributed by atoms with Crippen molar-refractivity contribution >= 4 is 5.91 Å². The van der Waals surface area contributed by atoms with Crippen LogP contribution in [0.5, 0.6) is 5.75 Å². The lowest BCUT2D eigenvalue weighted by Gasteiger charge is -2.11. The molecule has 1 aromatic carbocycles. The minimum atomic E-state index is -2.87. The Kier molecular flexibility index (Phi) is 5.35. The maximum Gasteiger partial charge on any atom is 0.265 e. The molecule has 0 aliphatic carbocycles. The number of amides is 1. The fraction of sp³-hybridized carbons (Fsp3) is 0.364. The molecular formula is C11H13F2NO3. The van der Waals surface area contributed by atoms with Crippen LogP contribution in [0.4, 0.5) is 8.78 Å². The van der Waals surface area contributed by atoms with Crippen molar-refractivity contribution in [2.24, 2.45) is 0 Å². The van der Waals surface area contributed by atoms with Crippen molar-refractivity contribution in [2.45, 2.75) is 12.5 Å². The molecule has 1 amide bonds. The van der Waals surface area contributed by atoms with Crippen molar-refractivity contribution in [1.29, 1.82) is 0 Å². The summed E-state index contributed by atoms with van der Waals surface area (Å²) in [5, 5.41) is 10.9. The van der Waals surface area contributed by atoms with Crippen LogP contribution < -0.4 is 10.1 Å². The Hall–Kier alpha value is -1.69. The summed E-state index contributed by atoms with van der Waals surface area (Å²) in [7, 11) is 0. The number of aliphatic hydroxyl groups excluding tert-OH is 1. The number of para-hydroxylation sites is 1. The van der Waals surface area contributed by atoms with Crippen molar-refractivity contribution in [2.75, 3.05) is 13.2 Å². The smallest absolute Gasteiger partial charge is 0.265 e. The average Bonchev–Trinajstić information content (AvgIpc) is 2.34. The van der Waals surface area contributed by atoms with Gasteiger partial charge in [-0.1, -0.05) is 18.2 Å². The number of hydrogen-bond acceptors (Lipinski definition) is 3. The van der Waals surface area contributed by atoms with Crippen LogP contribution in [-0.2, 0) is 4.79 Å². The molecule has 1 aromatic rings. The van der Waals surface area contributed by atoms with Gasteiger partial charge in [-0.25, -0.2) is 8.78 Å². The van der Waals surface area contributed by atoms with Crippen LogP contribution in [0.15, 0.2) is 30.3 Å². The third kappa shape index (κ3) is 5.26. The van der Waals surface area contributed by atoms with E-state index in [-0.39, 0.29) is 6.61 Å². The molecule has 0 bridgehead atoms. The standard InChI is InChI=1S/C11H13F2NO3/c12-11(13)9(15)6-14-10(16)7-17-8-4-2-1-3-5-8/h1-5,9,11,15H,6-7H2,(H,14,16). The Bertz CT molecular complexity index is 346. The van der Waals surface area contributed by atoms with Gasteiger partial charge in [-0.2, -0.15) is 0 Å². The molecule has 0 saturated heterocycles. The highest BCUT2D eigenvalue weighted by molar-refractivity contribution is 5.77. The summed E-state index contributed by atoms with van der Waals surface area (Å²) in [5.74, 6) is -0.0504. The largest absolute Gasteiger partial charge is 0.484 e. The maximum atomic E-state index is 11.9. The molecule has 2 N–H and O–H groups in total. The topological polar surface area (TPSA) is 58.6 Å². The van der Waals surface area contributed by atoms with Gasteiger partial charge in [0.2, 0.25) is 0 Å². The van der Waals surface area contributed by atoms with E-state index in [2.05, 4.69) is 5.32 Å². The molecule has 0 heterocycles.